The Morgan fingerprint density at radius 3 is 2.80 bits per heavy atom. The Morgan fingerprint density at radius 1 is 1.32 bits per heavy atom. The molecule has 2 aromatic rings. The van der Waals surface area contributed by atoms with E-state index in [0.29, 0.717) is 18.5 Å². The largest absolute Gasteiger partial charge is 0.357 e. The molecule has 1 aromatic heterocycles. The molecule has 2 atom stereocenters. The number of hydrogen-bond donors (Lipinski definition) is 1. The van der Waals surface area contributed by atoms with Crippen molar-refractivity contribution in [3.05, 3.63) is 54.1 Å². The number of benzene rings is 1. The van der Waals surface area contributed by atoms with Crippen molar-refractivity contribution in [1.29, 1.82) is 0 Å². The molecular formula is C20H29N5. The second kappa shape index (κ2) is 8.19. The number of imidazole rings is 1. The summed E-state index contributed by atoms with van der Waals surface area (Å²) in [7, 11) is 0. The predicted molar refractivity (Wildman–Crippen MR) is 103 cm³/mol. The fourth-order valence-corrected chi connectivity index (χ4v) is 3.38. The highest BCUT2D eigenvalue weighted by Crippen LogP contribution is 2.27. The van der Waals surface area contributed by atoms with Crippen molar-refractivity contribution < 1.29 is 0 Å². The van der Waals surface area contributed by atoms with Crippen LogP contribution in [0.4, 0.5) is 0 Å². The summed E-state index contributed by atoms with van der Waals surface area (Å²) < 4.78 is 2.24. The summed E-state index contributed by atoms with van der Waals surface area (Å²) in [5, 5.41) is 3.47. The Balaban J connectivity index is 1.72. The smallest absolute Gasteiger partial charge is 0.194 e. The predicted octanol–water partition coefficient (Wildman–Crippen LogP) is 3.24. The summed E-state index contributed by atoms with van der Waals surface area (Å²) in [6.07, 6.45) is 7.03. The van der Waals surface area contributed by atoms with Gasteiger partial charge in [-0.1, -0.05) is 36.8 Å². The van der Waals surface area contributed by atoms with Crippen LogP contribution in [0.25, 0.3) is 0 Å². The van der Waals surface area contributed by atoms with Gasteiger partial charge in [0, 0.05) is 32.0 Å². The van der Waals surface area contributed by atoms with Gasteiger partial charge in [-0.2, -0.15) is 0 Å². The SMILES string of the molecule is CCNC(=NCc1ccc(C)cc1)N1CCC(C)C(n2ccnc2)C1. The maximum absolute atomic E-state index is 4.88. The van der Waals surface area contributed by atoms with Crippen molar-refractivity contribution >= 4 is 5.96 Å². The fraction of sp³-hybridized carbons (Fsp3) is 0.500. The van der Waals surface area contributed by atoms with Crippen molar-refractivity contribution in [3.8, 4) is 0 Å². The van der Waals surface area contributed by atoms with Gasteiger partial charge in [0.05, 0.1) is 18.9 Å². The number of hydrogen-bond acceptors (Lipinski definition) is 2. The van der Waals surface area contributed by atoms with E-state index in [4.69, 9.17) is 4.99 Å². The van der Waals surface area contributed by atoms with Crippen LogP contribution in [-0.4, -0.2) is 40.0 Å². The number of nitrogens with one attached hydrogen (secondary N) is 1. The first kappa shape index (κ1) is 17.5. The van der Waals surface area contributed by atoms with Crippen LogP contribution in [0.15, 0.2) is 48.0 Å². The zero-order valence-corrected chi connectivity index (χ0v) is 15.5. The monoisotopic (exact) mass is 339 g/mol. The van der Waals surface area contributed by atoms with E-state index in [2.05, 4.69) is 71.0 Å². The molecule has 25 heavy (non-hydrogen) atoms. The van der Waals surface area contributed by atoms with Gasteiger partial charge in [-0.15, -0.1) is 0 Å². The first-order valence-corrected chi connectivity index (χ1v) is 9.23. The van der Waals surface area contributed by atoms with Crippen LogP contribution in [0, 0.1) is 12.8 Å². The molecule has 0 amide bonds. The number of aromatic nitrogens is 2. The number of rotatable bonds is 4. The lowest BCUT2D eigenvalue weighted by Crippen LogP contribution is -2.49. The van der Waals surface area contributed by atoms with E-state index >= 15 is 0 Å². The average Bonchev–Trinajstić information content (AvgIpc) is 3.15. The Labute approximate surface area is 150 Å². The molecule has 0 saturated carbocycles. The first-order chi connectivity index (χ1) is 12.2. The Kier molecular flexibility index (Phi) is 5.74. The summed E-state index contributed by atoms with van der Waals surface area (Å²) in [4.78, 5) is 11.5. The van der Waals surface area contributed by atoms with Gasteiger partial charge in [0.1, 0.15) is 0 Å². The lowest BCUT2D eigenvalue weighted by Gasteiger charge is -2.39. The summed E-state index contributed by atoms with van der Waals surface area (Å²) in [5.74, 6) is 1.66. The van der Waals surface area contributed by atoms with E-state index in [-0.39, 0.29) is 0 Å². The third kappa shape index (κ3) is 4.41. The molecule has 1 aromatic carbocycles. The van der Waals surface area contributed by atoms with Gasteiger partial charge < -0.3 is 14.8 Å². The molecule has 3 rings (SSSR count). The molecule has 1 saturated heterocycles. The highest BCUT2D eigenvalue weighted by Gasteiger charge is 2.28. The van der Waals surface area contributed by atoms with Crippen LogP contribution in [0.3, 0.4) is 0 Å². The van der Waals surface area contributed by atoms with Gasteiger partial charge in [0.25, 0.3) is 0 Å². The quantitative estimate of drug-likeness (QED) is 0.687. The van der Waals surface area contributed by atoms with E-state index in [1.807, 2.05) is 12.5 Å². The zero-order chi connectivity index (χ0) is 17.6. The summed E-state index contributed by atoms with van der Waals surface area (Å²) in [5.41, 5.74) is 2.53. The lowest BCUT2D eigenvalue weighted by atomic mass is 9.93. The first-order valence-electron chi connectivity index (χ1n) is 9.23. The molecule has 5 nitrogen and oxygen atoms in total. The van der Waals surface area contributed by atoms with Crippen LogP contribution in [0.2, 0.25) is 0 Å². The molecular weight excluding hydrogens is 310 g/mol. The summed E-state index contributed by atoms with van der Waals surface area (Å²) in [6.45, 7) is 10.2. The third-order valence-corrected chi connectivity index (χ3v) is 4.99. The Hall–Kier alpha value is -2.30. The van der Waals surface area contributed by atoms with Gasteiger partial charge >= 0.3 is 0 Å². The highest BCUT2D eigenvalue weighted by atomic mass is 15.3. The van der Waals surface area contributed by atoms with E-state index in [1.54, 1.807) is 0 Å². The van der Waals surface area contributed by atoms with Crippen molar-refractivity contribution in [2.24, 2.45) is 10.9 Å². The standard InChI is InChI=1S/C20H29N5/c1-4-22-20(23-13-18-7-5-16(2)6-8-18)24-11-9-17(3)19(14-24)25-12-10-21-15-25/h5-8,10,12,15,17,19H,4,9,11,13-14H2,1-3H3,(H,22,23). The number of piperidine rings is 1. The molecule has 1 fully saturated rings. The molecule has 0 radical (unpaired) electrons. The van der Waals surface area contributed by atoms with Crippen molar-refractivity contribution in [1.82, 2.24) is 19.8 Å². The molecule has 2 heterocycles. The van der Waals surface area contributed by atoms with Crippen molar-refractivity contribution in [2.75, 3.05) is 19.6 Å². The highest BCUT2D eigenvalue weighted by molar-refractivity contribution is 5.80. The van der Waals surface area contributed by atoms with Gasteiger partial charge in [-0.25, -0.2) is 9.98 Å². The fourth-order valence-electron chi connectivity index (χ4n) is 3.38. The van der Waals surface area contributed by atoms with Crippen LogP contribution in [-0.2, 0) is 6.54 Å². The van der Waals surface area contributed by atoms with E-state index in [9.17, 15) is 0 Å². The average molecular weight is 339 g/mol. The molecule has 134 valence electrons. The third-order valence-electron chi connectivity index (χ3n) is 4.99. The van der Waals surface area contributed by atoms with Gasteiger partial charge in [-0.05, 0) is 31.7 Å². The number of aryl methyl sites for hydroxylation is 1. The molecule has 2 unspecified atom stereocenters. The molecule has 0 spiro atoms. The number of aliphatic imine (C=N–C) groups is 1. The summed E-state index contributed by atoms with van der Waals surface area (Å²) >= 11 is 0. The topological polar surface area (TPSA) is 45.5 Å². The normalized spacial score (nSPS) is 21.4. The van der Waals surface area contributed by atoms with E-state index in [1.165, 1.54) is 11.1 Å². The molecule has 1 N–H and O–H groups in total. The van der Waals surface area contributed by atoms with Gasteiger partial charge in [0.2, 0.25) is 0 Å². The maximum atomic E-state index is 4.88. The maximum Gasteiger partial charge on any atom is 0.194 e. The van der Waals surface area contributed by atoms with E-state index < -0.39 is 0 Å². The molecule has 0 bridgehead atoms. The molecule has 1 aliphatic heterocycles. The lowest BCUT2D eigenvalue weighted by molar-refractivity contribution is 0.189. The van der Waals surface area contributed by atoms with E-state index in [0.717, 1.165) is 32.0 Å². The minimum atomic E-state index is 0.444. The van der Waals surface area contributed by atoms with Gasteiger partial charge in [0.15, 0.2) is 5.96 Å². The van der Waals surface area contributed by atoms with Crippen LogP contribution < -0.4 is 5.32 Å². The minimum Gasteiger partial charge on any atom is -0.357 e. The van der Waals surface area contributed by atoms with Crippen LogP contribution in [0.5, 0.6) is 0 Å². The van der Waals surface area contributed by atoms with Crippen molar-refractivity contribution in [3.63, 3.8) is 0 Å². The number of guanidine groups is 1. The van der Waals surface area contributed by atoms with Crippen molar-refractivity contribution in [2.45, 2.75) is 39.8 Å². The van der Waals surface area contributed by atoms with Gasteiger partial charge in [-0.3, -0.25) is 0 Å². The van der Waals surface area contributed by atoms with Crippen LogP contribution >= 0.6 is 0 Å². The van der Waals surface area contributed by atoms with Crippen LogP contribution in [0.1, 0.15) is 37.4 Å². The molecule has 5 heteroatoms. The Bertz CT molecular complexity index is 675. The number of nitrogens with zero attached hydrogens (tertiary/aromatic N) is 4. The Morgan fingerprint density at radius 2 is 2.12 bits per heavy atom. The second-order valence-corrected chi connectivity index (χ2v) is 6.94. The second-order valence-electron chi connectivity index (χ2n) is 6.94. The zero-order valence-electron chi connectivity index (χ0n) is 15.5. The molecule has 0 aliphatic carbocycles. The minimum absolute atomic E-state index is 0.444. The summed E-state index contributed by atoms with van der Waals surface area (Å²) in [6, 6.07) is 9.06. The number of likely N-dealkylation sites (tertiary alicyclic amines) is 1. The molecule has 1 aliphatic rings.